The summed E-state index contributed by atoms with van der Waals surface area (Å²) in [5, 5.41) is 7.68. The van der Waals surface area contributed by atoms with Gasteiger partial charge in [-0.25, -0.2) is 4.79 Å². The lowest BCUT2D eigenvalue weighted by atomic mass is 9.90. The van der Waals surface area contributed by atoms with E-state index in [2.05, 4.69) is 16.0 Å². The highest BCUT2D eigenvalue weighted by atomic mass is 16.5. The van der Waals surface area contributed by atoms with Crippen LogP contribution in [0.3, 0.4) is 0 Å². The van der Waals surface area contributed by atoms with Crippen LogP contribution >= 0.6 is 0 Å². The minimum atomic E-state index is -0.834. The van der Waals surface area contributed by atoms with Gasteiger partial charge in [0.05, 0.1) is 12.6 Å². The van der Waals surface area contributed by atoms with Gasteiger partial charge in [0, 0.05) is 17.8 Å². The molecule has 9 heteroatoms. The molecule has 0 spiro atoms. The maximum Gasteiger partial charge on any atom is 0.407 e. The van der Waals surface area contributed by atoms with Gasteiger partial charge in [0.2, 0.25) is 11.7 Å². The van der Waals surface area contributed by atoms with Crippen molar-refractivity contribution in [3.63, 3.8) is 0 Å². The van der Waals surface area contributed by atoms with Gasteiger partial charge in [0.25, 0.3) is 5.91 Å². The highest BCUT2D eigenvalue weighted by Crippen LogP contribution is 2.44. The number of carbonyl (C=O) groups excluding carboxylic acids is 5. The second-order valence-electron chi connectivity index (χ2n) is 11.5. The third-order valence-electron chi connectivity index (χ3n) is 7.33. The van der Waals surface area contributed by atoms with Crippen molar-refractivity contribution in [1.82, 2.24) is 16.0 Å². The second-order valence-corrected chi connectivity index (χ2v) is 11.5. The summed E-state index contributed by atoms with van der Waals surface area (Å²) in [6.07, 6.45) is -0.418. The summed E-state index contributed by atoms with van der Waals surface area (Å²) in [7, 11) is 0. The van der Waals surface area contributed by atoms with Gasteiger partial charge < -0.3 is 20.7 Å². The molecule has 3 amide bonds. The summed E-state index contributed by atoms with van der Waals surface area (Å²) in [5.74, 6) is -2.14. The van der Waals surface area contributed by atoms with Gasteiger partial charge >= 0.3 is 6.09 Å². The molecule has 0 aromatic heterocycles. The van der Waals surface area contributed by atoms with Crippen molar-refractivity contribution in [3.8, 4) is 11.1 Å². The Morgan fingerprint density at radius 3 is 1.95 bits per heavy atom. The Morgan fingerprint density at radius 1 is 0.767 bits per heavy atom. The molecule has 3 aromatic carbocycles. The Morgan fingerprint density at radius 2 is 1.35 bits per heavy atom. The minimum absolute atomic E-state index is 0.0592. The van der Waals surface area contributed by atoms with Gasteiger partial charge in [-0.15, -0.1) is 0 Å². The highest BCUT2D eigenvalue weighted by Gasteiger charge is 2.31. The number of rotatable bonds is 12. The van der Waals surface area contributed by atoms with Gasteiger partial charge in [-0.3, -0.25) is 19.2 Å². The van der Waals surface area contributed by atoms with E-state index >= 15 is 0 Å². The number of Topliss-reactive ketones (excluding diaryl/α,β-unsaturated/α-hetero) is 2. The molecule has 9 nitrogen and oxygen atoms in total. The summed E-state index contributed by atoms with van der Waals surface area (Å²) in [5.41, 5.74) is 4.34. The number of fused-ring (bicyclic) bond motifs is 3. The molecule has 0 fully saturated rings. The van der Waals surface area contributed by atoms with Crippen LogP contribution in [-0.4, -0.2) is 49.2 Å². The van der Waals surface area contributed by atoms with E-state index in [0.29, 0.717) is 0 Å². The van der Waals surface area contributed by atoms with Crippen LogP contribution in [0.25, 0.3) is 11.1 Å². The molecule has 0 radical (unpaired) electrons. The molecule has 3 N–H and O–H groups in total. The molecule has 3 aromatic rings. The van der Waals surface area contributed by atoms with Crippen molar-refractivity contribution < 1.29 is 28.7 Å². The fraction of sp³-hybridized carbons (Fsp3) is 0.324. The number of benzene rings is 3. The van der Waals surface area contributed by atoms with Gasteiger partial charge in [0.15, 0.2) is 5.78 Å². The molecule has 0 bridgehead atoms. The molecule has 0 aliphatic heterocycles. The Labute approximate surface area is 251 Å². The van der Waals surface area contributed by atoms with E-state index in [4.69, 9.17) is 4.74 Å². The fourth-order valence-electron chi connectivity index (χ4n) is 5.03. The first-order chi connectivity index (χ1) is 20.5. The van der Waals surface area contributed by atoms with E-state index in [0.717, 1.165) is 27.8 Å². The van der Waals surface area contributed by atoms with Crippen LogP contribution in [0.15, 0.2) is 78.9 Å². The monoisotopic (exact) mass is 583 g/mol. The number of hydrogen-bond acceptors (Lipinski definition) is 6. The molecule has 0 saturated heterocycles. The van der Waals surface area contributed by atoms with Crippen LogP contribution in [0.2, 0.25) is 0 Å². The maximum atomic E-state index is 12.5. The Hall–Kier alpha value is -4.79. The van der Waals surface area contributed by atoms with Gasteiger partial charge in [0.1, 0.15) is 13.2 Å². The summed E-state index contributed by atoms with van der Waals surface area (Å²) in [6, 6.07) is 24.5. The van der Waals surface area contributed by atoms with E-state index in [1.54, 1.807) is 20.8 Å². The zero-order valence-electron chi connectivity index (χ0n) is 24.6. The summed E-state index contributed by atoms with van der Waals surface area (Å²) < 4.78 is 5.44. The first kappa shape index (κ1) is 31.2. The first-order valence-corrected chi connectivity index (χ1v) is 14.3. The average molecular weight is 584 g/mol. The molecule has 43 heavy (non-hydrogen) atoms. The molecule has 1 atom stereocenters. The van der Waals surface area contributed by atoms with Crippen LogP contribution in [0.5, 0.6) is 0 Å². The number of carbonyl (C=O) groups is 5. The topological polar surface area (TPSA) is 131 Å². The molecule has 0 saturated carbocycles. The van der Waals surface area contributed by atoms with E-state index in [-0.39, 0.29) is 44.2 Å². The van der Waals surface area contributed by atoms with Crippen LogP contribution in [-0.2, 0) is 23.9 Å². The molecule has 0 unspecified atom stereocenters. The lowest BCUT2D eigenvalue weighted by molar-refractivity contribution is -0.142. The van der Waals surface area contributed by atoms with E-state index in [1.165, 1.54) is 0 Å². The number of ether oxygens (including phenoxy) is 1. The largest absolute Gasteiger partial charge is 0.449 e. The number of amides is 3. The number of alkyl carbamates (subject to hydrolysis) is 1. The highest BCUT2D eigenvalue weighted by molar-refractivity contribution is 6.38. The quantitative estimate of drug-likeness (QED) is 0.270. The molecular formula is C34H37N3O6. The predicted octanol–water partition coefficient (Wildman–Crippen LogP) is 4.46. The van der Waals surface area contributed by atoms with Crippen LogP contribution in [0, 0.1) is 5.41 Å². The van der Waals surface area contributed by atoms with Gasteiger partial charge in [-0.05, 0) is 34.2 Å². The van der Waals surface area contributed by atoms with E-state index < -0.39 is 35.1 Å². The van der Waals surface area contributed by atoms with E-state index in [1.807, 2.05) is 78.9 Å². The van der Waals surface area contributed by atoms with Crippen molar-refractivity contribution >= 4 is 29.5 Å². The Bertz CT molecular complexity index is 1450. The number of hydrogen-bond donors (Lipinski definition) is 3. The number of nitrogens with one attached hydrogen (secondary N) is 3. The second kappa shape index (κ2) is 13.9. The van der Waals surface area contributed by atoms with E-state index in [9.17, 15) is 24.0 Å². The van der Waals surface area contributed by atoms with Gasteiger partial charge in [-0.1, -0.05) is 99.6 Å². The molecular weight excluding hydrogens is 546 g/mol. The van der Waals surface area contributed by atoms with Crippen molar-refractivity contribution in [2.45, 2.75) is 45.6 Å². The SMILES string of the molecule is CC(C)(C)C(=O)C(=O)N[C@H](CCC(=O)CNC(=O)CNC(=O)OCC1c2ccccc2-c2ccccc21)c1ccccc1. The molecule has 1 aliphatic carbocycles. The summed E-state index contributed by atoms with van der Waals surface area (Å²) >= 11 is 0. The van der Waals surface area contributed by atoms with Crippen LogP contribution < -0.4 is 16.0 Å². The molecule has 4 rings (SSSR count). The normalized spacial score (nSPS) is 12.8. The third-order valence-corrected chi connectivity index (χ3v) is 7.33. The number of ketones is 2. The predicted molar refractivity (Wildman–Crippen MR) is 162 cm³/mol. The van der Waals surface area contributed by atoms with Crippen LogP contribution in [0.4, 0.5) is 4.79 Å². The third kappa shape index (κ3) is 8.16. The fourth-order valence-corrected chi connectivity index (χ4v) is 5.03. The first-order valence-electron chi connectivity index (χ1n) is 14.3. The Balaban J connectivity index is 1.20. The zero-order chi connectivity index (χ0) is 31.0. The minimum Gasteiger partial charge on any atom is -0.449 e. The van der Waals surface area contributed by atoms with Crippen molar-refractivity contribution in [1.29, 1.82) is 0 Å². The maximum absolute atomic E-state index is 12.5. The lowest BCUT2D eigenvalue weighted by Crippen LogP contribution is -2.41. The van der Waals surface area contributed by atoms with Crippen molar-refractivity contribution in [2.75, 3.05) is 19.7 Å². The van der Waals surface area contributed by atoms with Crippen LogP contribution in [0.1, 0.15) is 62.3 Å². The summed E-state index contributed by atoms with van der Waals surface area (Å²) in [4.78, 5) is 62.1. The molecule has 0 heterocycles. The molecule has 224 valence electrons. The standard InChI is InChI=1S/C34H37N3O6/c1-34(2,3)31(40)32(41)37-29(22-11-5-4-6-12-22)18-17-23(38)19-35-30(39)20-36-33(42)43-21-28-26-15-9-7-13-24(26)25-14-8-10-16-27(25)28/h4-16,28-29H,17-21H2,1-3H3,(H,35,39)(H,36,42)(H,37,41)/t29-/m1/s1. The Kier molecular flexibility index (Phi) is 10.1. The summed E-state index contributed by atoms with van der Waals surface area (Å²) in [6.45, 7) is 4.55. The smallest absolute Gasteiger partial charge is 0.407 e. The van der Waals surface area contributed by atoms with Crippen molar-refractivity contribution in [2.24, 2.45) is 5.41 Å². The van der Waals surface area contributed by atoms with Gasteiger partial charge in [-0.2, -0.15) is 0 Å². The lowest BCUT2D eigenvalue weighted by Gasteiger charge is -2.22. The average Bonchev–Trinajstić information content (AvgIpc) is 3.32. The van der Waals surface area contributed by atoms with Crippen molar-refractivity contribution in [3.05, 3.63) is 95.6 Å². The zero-order valence-corrected chi connectivity index (χ0v) is 24.6. The molecule has 1 aliphatic rings.